The van der Waals surface area contributed by atoms with Crippen molar-refractivity contribution in [1.29, 1.82) is 0 Å². The van der Waals surface area contributed by atoms with Gasteiger partial charge in [-0.15, -0.1) is 40.5 Å². The molecule has 0 aliphatic carbocycles. The van der Waals surface area contributed by atoms with Crippen molar-refractivity contribution in [3.8, 4) is 22.4 Å². The Kier molecular flexibility index (Phi) is 12.9. The second-order valence-corrected chi connectivity index (χ2v) is 14.7. The summed E-state index contributed by atoms with van der Waals surface area (Å²) in [6.45, 7) is 18.8. The Morgan fingerprint density at radius 1 is 0.872 bits per heavy atom. The molecule has 3 aromatic heterocycles. The van der Waals surface area contributed by atoms with E-state index in [1.807, 2.05) is 60.1 Å². The fraction of sp³-hybridized carbons (Fsp3) is 0.390. The number of carbonyl (C=O) groups excluding carboxylic acids is 1. The van der Waals surface area contributed by atoms with Crippen molar-refractivity contribution in [2.75, 3.05) is 0 Å². The SMILES string of the molecule is CC(C)(C)c1cc(-c2cc(-c3cncc4sccc34)ccn2)[c-]c2ccccc12.CCC(C)(CC)C(=O)/C=C(\O)C(C)(CC)CC.[Ir]. The predicted octanol–water partition coefficient (Wildman–Crippen LogP) is 11.9. The van der Waals surface area contributed by atoms with Gasteiger partial charge in [0.15, 0.2) is 5.78 Å². The zero-order chi connectivity index (χ0) is 33.7. The van der Waals surface area contributed by atoms with E-state index in [0.717, 1.165) is 53.5 Å². The Balaban J connectivity index is 0.000000290. The fourth-order valence-electron chi connectivity index (χ4n) is 5.54. The number of thiophene rings is 1. The zero-order valence-electron chi connectivity index (χ0n) is 29.3. The quantitative estimate of drug-likeness (QED) is 0.0913. The molecule has 0 aliphatic heterocycles. The molecule has 5 aromatic rings. The van der Waals surface area contributed by atoms with Crippen LogP contribution in [0, 0.1) is 16.9 Å². The number of ketones is 1. The number of allylic oxidation sites excluding steroid dienone is 2. The molecular formula is C41H49IrN2O2S-. The van der Waals surface area contributed by atoms with E-state index in [4.69, 9.17) is 0 Å². The minimum Gasteiger partial charge on any atom is -0.512 e. The van der Waals surface area contributed by atoms with Crippen LogP contribution in [0.2, 0.25) is 0 Å². The molecule has 0 bridgehead atoms. The number of hydrogen-bond donors (Lipinski definition) is 1. The zero-order valence-corrected chi connectivity index (χ0v) is 32.5. The summed E-state index contributed by atoms with van der Waals surface area (Å²) in [7, 11) is 0. The molecule has 2 aromatic carbocycles. The van der Waals surface area contributed by atoms with Crippen molar-refractivity contribution in [2.24, 2.45) is 10.8 Å². The molecule has 0 saturated heterocycles. The van der Waals surface area contributed by atoms with Gasteiger partial charge in [-0.1, -0.05) is 97.5 Å². The van der Waals surface area contributed by atoms with E-state index in [1.165, 1.54) is 27.1 Å². The average Bonchev–Trinajstić information content (AvgIpc) is 3.56. The summed E-state index contributed by atoms with van der Waals surface area (Å²) in [6, 6.07) is 20.7. The Labute approximate surface area is 299 Å². The first kappa shape index (κ1) is 38.3. The Hall–Kier alpha value is -3.18. The summed E-state index contributed by atoms with van der Waals surface area (Å²) in [4.78, 5) is 21.3. The van der Waals surface area contributed by atoms with E-state index in [9.17, 15) is 9.90 Å². The number of aliphatic hydroxyl groups excluding tert-OH is 1. The first-order valence-corrected chi connectivity index (χ1v) is 17.4. The topological polar surface area (TPSA) is 63.1 Å². The minimum atomic E-state index is -0.337. The molecule has 0 amide bonds. The van der Waals surface area contributed by atoms with Crippen molar-refractivity contribution in [2.45, 2.75) is 93.4 Å². The smallest absolute Gasteiger partial charge is 0.164 e. The van der Waals surface area contributed by atoms with Gasteiger partial charge in [-0.05, 0) is 54.2 Å². The molecule has 251 valence electrons. The molecule has 0 unspecified atom stereocenters. The number of nitrogens with zero attached hydrogens (tertiary/aromatic N) is 2. The van der Waals surface area contributed by atoms with Crippen LogP contribution in [-0.2, 0) is 30.3 Å². The van der Waals surface area contributed by atoms with Gasteiger partial charge in [-0.25, -0.2) is 0 Å². The molecule has 4 nitrogen and oxygen atoms in total. The van der Waals surface area contributed by atoms with Crippen molar-refractivity contribution in [3.63, 3.8) is 0 Å². The monoisotopic (exact) mass is 826 g/mol. The number of aliphatic hydroxyl groups is 1. The van der Waals surface area contributed by atoms with Gasteiger partial charge in [-0.2, -0.15) is 0 Å². The van der Waals surface area contributed by atoms with Crippen LogP contribution in [0.4, 0.5) is 0 Å². The molecule has 0 aliphatic rings. The molecule has 47 heavy (non-hydrogen) atoms. The fourth-order valence-corrected chi connectivity index (χ4v) is 6.32. The summed E-state index contributed by atoms with van der Waals surface area (Å²) in [5.41, 5.74) is 4.99. The largest absolute Gasteiger partial charge is 0.512 e. The summed E-state index contributed by atoms with van der Waals surface area (Å²) in [5.74, 6) is 0.286. The van der Waals surface area contributed by atoms with E-state index in [0.29, 0.717) is 0 Å². The molecule has 1 N–H and O–H groups in total. The molecule has 0 saturated carbocycles. The second-order valence-electron chi connectivity index (χ2n) is 13.8. The first-order chi connectivity index (χ1) is 21.8. The predicted molar refractivity (Wildman–Crippen MR) is 196 cm³/mol. The third kappa shape index (κ3) is 8.46. The maximum absolute atomic E-state index is 12.2. The molecule has 3 heterocycles. The molecule has 0 fully saturated rings. The first-order valence-electron chi connectivity index (χ1n) is 16.5. The van der Waals surface area contributed by atoms with Crippen LogP contribution in [0.5, 0.6) is 0 Å². The van der Waals surface area contributed by atoms with Gasteiger partial charge in [0.05, 0.1) is 4.70 Å². The van der Waals surface area contributed by atoms with Crippen LogP contribution in [0.25, 0.3) is 43.2 Å². The third-order valence-electron chi connectivity index (χ3n) is 9.91. The van der Waals surface area contributed by atoms with Crippen molar-refractivity contribution >= 4 is 38.0 Å². The van der Waals surface area contributed by atoms with Gasteiger partial charge in [0.2, 0.25) is 0 Å². The molecule has 6 heteroatoms. The van der Waals surface area contributed by atoms with Crippen LogP contribution in [0.15, 0.2) is 84.3 Å². The van der Waals surface area contributed by atoms with E-state index in [1.54, 1.807) is 11.3 Å². The number of benzene rings is 2. The van der Waals surface area contributed by atoms with Crippen molar-refractivity contribution in [1.82, 2.24) is 9.97 Å². The number of fused-ring (bicyclic) bond motifs is 2. The maximum atomic E-state index is 12.2. The number of hydrogen-bond acceptors (Lipinski definition) is 5. The normalized spacial score (nSPS) is 12.4. The second kappa shape index (κ2) is 15.8. The summed E-state index contributed by atoms with van der Waals surface area (Å²) >= 11 is 1.72. The van der Waals surface area contributed by atoms with E-state index in [2.05, 4.69) is 90.7 Å². The minimum absolute atomic E-state index is 0. The summed E-state index contributed by atoms with van der Waals surface area (Å²) in [6.07, 6.45) is 10.5. The van der Waals surface area contributed by atoms with Gasteiger partial charge in [0, 0.05) is 72.2 Å². The van der Waals surface area contributed by atoms with Gasteiger partial charge in [0.25, 0.3) is 0 Å². The Bertz CT molecular complexity index is 1840. The van der Waals surface area contributed by atoms with E-state index in [-0.39, 0.29) is 47.9 Å². The van der Waals surface area contributed by atoms with Crippen LogP contribution in [0.3, 0.4) is 0 Å². The summed E-state index contributed by atoms with van der Waals surface area (Å²) in [5, 5.41) is 15.9. The van der Waals surface area contributed by atoms with Gasteiger partial charge in [0.1, 0.15) is 5.76 Å². The number of aromatic nitrogens is 2. The number of carbonyl (C=O) groups is 1. The van der Waals surface area contributed by atoms with Crippen LogP contribution >= 0.6 is 11.3 Å². The van der Waals surface area contributed by atoms with Crippen LogP contribution in [0.1, 0.15) is 93.6 Å². The Morgan fingerprint density at radius 2 is 1.53 bits per heavy atom. The number of rotatable bonds is 9. The molecule has 5 rings (SSSR count). The van der Waals surface area contributed by atoms with Crippen LogP contribution < -0.4 is 0 Å². The van der Waals surface area contributed by atoms with Crippen molar-refractivity contribution < 1.29 is 30.0 Å². The molecule has 0 atom stereocenters. The van der Waals surface area contributed by atoms with E-state index < -0.39 is 0 Å². The van der Waals surface area contributed by atoms with E-state index >= 15 is 0 Å². The van der Waals surface area contributed by atoms with Crippen LogP contribution in [-0.4, -0.2) is 20.9 Å². The summed E-state index contributed by atoms with van der Waals surface area (Å²) < 4.78 is 1.20. The molecule has 0 spiro atoms. The third-order valence-corrected chi connectivity index (χ3v) is 10.8. The molecule has 1 radical (unpaired) electrons. The molecular weight excluding hydrogens is 777 g/mol. The van der Waals surface area contributed by atoms with Gasteiger partial charge >= 0.3 is 0 Å². The van der Waals surface area contributed by atoms with Gasteiger partial charge in [-0.3, -0.25) is 14.8 Å². The van der Waals surface area contributed by atoms with Gasteiger partial charge < -0.3 is 5.11 Å². The number of pyridine rings is 2. The maximum Gasteiger partial charge on any atom is 0.164 e. The Morgan fingerprint density at radius 3 is 2.17 bits per heavy atom. The average molecular weight is 826 g/mol. The van der Waals surface area contributed by atoms with Crippen molar-refractivity contribution in [3.05, 3.63) is 96.0 Å². The standard InChI is InChI=1S/C26H21N2S.C15H28O2.Ir/c1-26(2,3)23-13-19(12-17-6-4-5-7-20(17)23)24-14-18(8-10-28-24)22-15-27-16-25-21(22)9-11-29-25;1-7-14(5,8-2)12(16)11-13(17)15(6,9-3)10-4;/h4-11,13-16H,1-3H3;11,16H,7-10H2,1-6H3;/q-1;;/b;12-11-;.